The van der Waals surface area contributed by atoms with E-state index < -0.39 is 0 Å². The number of anilines is 1. The lowest BCUT2D eigenvalue weighted by atomic mass is 10.1. The molecular weight excluding hydrogens is 320 g/mol. The third kappa shape index (κ3) is 3.30. The molecule has 1 saturated heterocycles. The van der Waals surface area contributed by atoms with E-state index in [1.807, 2.05) is 0 Å². The van der Waals surface area contributed by atoms with Crippen LogP contribution in [0.15, 0.2) is 31.1 Å². The average molecular weight is 340 g/mol. The minimum Gasteiger partial charge on any atom is -0.393 e. The van der Waals surface area contributed by atoms with Crippen molar-refractivity contribution in [3.8, 4) is 0 Å². The highest BCUT2D eigenvalue weighted by Gasteiger charge is 2.45. The molecule has 3 heterocycles. The zero-order chi connectivity index (χ0) is 17.3. The number of aliphatic hydroxyl groups is 1. The molecule has 1 aliphatic heterocycles. The van der Waals surface area contributed by atoms with Crippen LogP contribution in [0.25, 0.3) is 0 Å². The van der Waals surface area contributed by atoms with Crippen LogP contribution < -0.4 is 5.32 Å². The van der Waals surface area contributed by atoms with Gasteiger partial charge in [-0.2, -0.15) is 0 Å². The van der Waals surface area contributed by atoms with Crippen LogP contribution in [0.2, 0.25) is 0 Å². The van der Waals surface area contributed by atoms with Gasteiger partial charge < -0.3 is 15.3 Å². The minimum absolute atomic E-state index is 0.0870. The zero-order valence-corrected chi connectivity index (χ0v) is 13.8. The van der Waals surface area contributed by atoms with Gasteiger partial charge in [0.25, 0.3) is 5.91 Å². The molecule has 0 aromatic carbocycles. The first-order chi connectivity index (χ1) is 12.2. The van der Waals surface area contributed by atoms with Gasteiger partial charge in [-0.05, 0) is 25.7 Å². The highest BCUT2D eigenvalue weighted by Crippen LogP contribution is 2.47. The largest absolute Gasteiger partial charge is 0.393 e. The first-order valence-electron chi connectivity index (χ1n) is 8.49. The number of nitrogens with zero attached hydrogens (tertiary/aromatic N) is 5. The first-order valence-corrected chi connectivity index (χ1v) is 8.49. The number of hydrogen-bond acceptors (Lipinski definition) is 7. The quantitative estimate of drug-likeness (QED) is 0.854. The summed E-state index contributed by atoms with van der Waals surface area (Å²) in [5, 5.41) is 12.9. The number of rotatable bonds is 4. The molecule has 2 aromatic rings. The maximum absolute atomic E-state index is 12.5. The molecule has 0 radical (unpaired) electrons. The molecule has 0 spiro atoms. The van der Waals surface area contributed by atoms with E-state index in [1.165, 1.54) is 6.33 Å². The van der Waals surface area contributed by atoms with Gasteiger partial charge in [0.2, 0.25) is 5.95 Å². The summed E-state index contributed by atoms with van der Waals surface area (Å²) in [5.41, 5.74) is 1.29. The molecule has 1 saturated carbocycles. The number of amides is 1. The molecule has 4 rings (SSSR count). The van der Waals surface area contributed by atoms with Gasteiger partial charge in [0.1, 0.15) is 6.33 Å². The van der Waals surface area contributed by atoms with Crippen molar-refractivity contribution in [3.63, 3.8) is 0 Å². The van der Waals surface area contributed by atoms with Crippen molar-refractivity contribution in [1.82, 2.24) is 24.8 Å². The van der Waals surface area contributed by atoms with Crippen LogP contribution in [0.5, 0.6) is 0 Å². The Labute approximate surface area is 145 Å². The van der Waals surface area contributed by atoms with Crippen molar-refractivity contribution >= 4 is 11.9 Å². The molecule has 1 aliphatic carbocycles. The fourth-order valence-corrected chi connectivity index (χ4v) is 3.13. The van der Waals surface area contributed by atoms with E-state index in [0.717, 1.165) is 18.4 Å². The Kier molecular flexibility index (Phi) is 4.04. The number of likely N-dealkylation sites (tertiary alicyclic amines) is 1. The smallest absolute Gasteiger partial charge is 0.256 e. The summed E-state index contributed by atoms with van der Waals surface area (Å²) in [6.07, 6.45) is 11.1. The lowest BCUT2D eigenvalue weighted by Gasteiger charge is -2.29. The molecular formula is C17H20N6O2. The molecule has 2 N–H and O–H groups in total. The van der Waals surface area contributed by atoms with Gasteiger partial charge in [-0.25, -0.2) is 19.9 Å². The van der Waals surface area contributed by atoms with Gasteiger partial charge in [-0.15, -0.1) is 0 Å². The van der Waals surface area contributed by atoms with Crippen molar-refractivity contribution in [2.24, 2.45) is 0 Å². The van der Waals surface area contributed by atoms with Crippen LogP contribution in [0.3, 0.4) is 0 Å². The number of piperidine rings is 1. The second kappa shape index (κ2) is 6.36. The van der Waals surface area contributed by atoms with E-state index in [2.05, 4.69) is 25.3 Å². The second-order valence-corrected chi connectivity index (χ2v) is 6.65. The highest BCUT2D eigenvalue weighted by atomic mass is 16.3. The Bertz CT molecular complexity index is 739. The van der Waals surface area contributed by atoms with Crippen LogP contribution in [0, 0.1) is 0 Å². The Morgan fingerprint density at radius 1 is 1.12 bits per heavy atom. The number of nitrogens with one attached hydrogen (secondary N) is 1. The first kappa shape index (κ1) is 15.9. The van der Waals surface area contributed by atoms with Crippen molar-refractivity contribution in [1.29, 1.82) is 0 Å². The van der Waals surface area contributed by atoms with Gasteiger partial charge in [0, 0.05) is 43.4 Å². The third-order valence-electron chi connectivity index (χ3n) is 4.86. The van der Waals surface area contributed by atoms with Crippen LogP contribution in [0.1, 0.15) is 41.6 Å². The van der Waals surface area contributed by atoms with E-state index in [0.29, 0.717) is 37.4 Å². The summed E-state index contributed by atoms with van der Waals surface area (Å²) in [6, 6.07) is 0. The summed E-state index contributed by atoms with van der Waals surface area (Å²) >= 11 is 0. The standard InChI is InChI=1S/C17H20N6O2/c24-14-1-5-23(6-2-14)15(25)12-7-20-16(21-8-12)22-17(3-4-17)13-9-18-11-19-10-13/h7-11,14,24H,1-6H2,(H,20,21,22). The Morgan fingerprint density at radius 2 is 1.76 bits per heavy atom. The topological polar surface area (TPSA) is 104 Å². The molecule has 2 aliphatic rings. The van der Waals surface area contributed by atoms with Gasteiger partial charge in [0.15, 0.2) is 0 Å². The van der Waals surface area contributed by atoms with E-state index in [9.17, 15) is 9.90 Å². The third-order valence-corrected chi connectivity index (χ3v) is 4.86. The molecule has 8 nitrogen and oxygen atoms in total. The maximum Gasteiger partial charge on any atom is 0.256 e. The molecule has 8 heteroatoms. The van der Waals surface area contributed by atoms with E-state index >= 15 is 0 Å². The molecule has 2 aromatic heterocycles. The van der Waals surface area contributed by atoms with E-state index in [4.69, 9.17) is 0 Å². The minimum atomic E-state index is -0.302. The fraction of sp³-hybridized carbons (Fsp3) is 0.471. The monoisotopic (exact) mass is 340 g/mol. The van der Waals surface area contributed by atoms with E-state index in [-0.39, 0.29) is 17.6 Å². The molecule has 2 fully saturated rings. The molecule has 0 atom stereocenters. The summed E-state index contributed by atoms with van der Waals surface area (Å²) < 4.78 is 0. The summed E-state index contributed by atoms with van der Waals surface area (Å²) in [6.45, 7) is 1.13. The highest BCUT2D eigenvalue weighted by molar-refractivity contribution is 5.93. The van der Waals surface area contributed by atoms with Crippen LogP contribution >= 0.6 is 0 Å². The number of aliphatic hydroxyl groups excluding tert-OH is 1. The summed E-state index contributed by atoms with van der Waals surface area (Å²) in [7, 11) is 0. The molecule has 130 valence electrons. The van der Waals surface area contributed by atoms with Gasteiger partial charge in [-0.1, -0.05) is 0 Å². The fourth-order valence-electron chi connectivity index (χ4n) is 3.13. The summed E-state index contributed by atoms with van der Waals surface area (Å²) in [5.74, 6) is 0.406. The Hall–Kier alpha value is -2.61. The van der Waals surface area contributed by atoms with Crippen LogP contribution in [-0.4, -0.2) is 55.0 Å². The summed E-state index contributed by atoms with van der Waals surface area (Å²) in [4.78, 5) is 30.9. The zero-order valence-electron chi connectivity index (χ0n) is 13.8. The van der Waals surface area contributed by atoms with Crippen molar-refractivity contribution in [3.05, 3.63) is 42.2 Å². The molecule has 0 unspecified atom stereocenters. The molecule has 1 amide bonds. The SMILES string of the molecule is O=C(c1cnc(NC2(c3cncnc3)CC2)nc1)N1CCC(O)CC1. The second-order valence-electron chi connectivity index (χ2n) is 6.65. The lowest BCUT2D eigenvalue weighted by molar-refractivity contribution is 0.0546. The van der Waals surface area contributed by atoms with Gasteiger partial charge in [-0.3, -0.25) is 4.79 Å². The average Bonchev–Trinajstić information content (AvgIpc) is 3.44. The Morgan fingerprint density at radius 3 is 2.36 bits per heavy atom. The number of aromatic nitrogens is 4. The van der Waals surface area contributed by atoms with Crippen molar-refractivity contribution < 1.29 is 9.90 Å². The number of hydrogen-bond donors (Lipinski definition) is 2. The van der Waals surface area contributed by atoms with Crippen molar-refractivity contribution in [2.45, 2.75) is 37.3 Å². The number of carbonyl (C=O) groups excluding carboxylic acids is 1. The lowest BCUT2D eigenvalue weighted by Crippen LogP contribution is -2.40. The normalized spacial score (nSPS) is 19.5. The molecule has 0 bridgehead atoms. The van der Waals surface area contributed by atoms with Crippen LogP contribution in [-0.2, 0) is 5.54 Å². The maximum atomic E-state index is 12.5. The predicted octanol–water partition coefficient (Wildman–Crippen LogP) is 0.965. The predicted molar refractivity (Wildman–Crippen MR) is 89.7 cm³/mol. The number of carbonyl (C=O) groups is 1. The van der Waals surface area contributed by atoms with Gasteiger partial charge in [0.05, 0.1) is 17.2 Å². The van der Waals surface area contributed by atoms with E-state index in [1.54, 1.807) is 29.7 Å². The van der Waals surface area contributed by atoms with Crippen molar-refractivity contribution in [2.75, 3.05) is 18.4 Å². The Balaban J connectivity index is 1.43. The van der Waals surface area contributed by atoms with Crippen LogP contribution in [0.4, 0.5) is 5.95 Å². The van der Waals surface area contributed by atoms with Gasteiger partial charge >= 0.3 is 0 Å². The molecule has 25 heavy (non-hydrogen) atoms.